The minimum absolute atomic E-state index is 0.0210. The number of nitrogens with one attached hydrogen (secondary N) is 1. The summed E-state index contributed by atoms with van der Waals surface area (Å²) in [5.74, 6) is 0.862. The molecule has 3 rings (SSSR count). The molecule has 5 heteroatoms. The second-order valence-corrected chi connectivity index (χ2v) is 8.00. The van der Waals surface area contributed by atoms with Crippen LogP contribution in [0.1, 0.15) is 46.8 Å². The average molecular weight is 395 g/mol. The van der Waals surface area contributed by atoms with E-state index in [0.29, 0.717) is 6.54 Å². The van der Waals surface area contributed by atoms with E-state index in [9.17, 15) is 9.59 Å². The first-order valence-electron chi connectivity index (χ1n) is 10.1. The van der Waals surface area contributed by atoms with Crippen LogP contribution < -0.4 is 10.1 Å². The fourth-order valence-corrected chi connectivity index (χ4v) is 4.23. The molecule has 2 aromatic carbocycles. The number of amides is 2. The van der Waals surface area contributed by atoms with Crippen LogP contribution in [0.25, 0.3) is 0 Å². The summed E-state index contributed by atoms with van der Waals surface area (Å²) in [6.07, 6.45) is 2.27. The highest BCUT2D eigenvalue weighted by Crippen LogP contribution is 2.25. The Labute approximate surface area is 173 Å². The Morgan fingerprint density at radius 2 is 1.76 bits per heavy atom. The van der Waals surface area contributed by atoms with Crippen molar-refractivity contribution >= 4 is 11.8 Å². The number of benzene rings is 2. The Morgan fingerprint density at radius 3 is 2.34 bits per heavy atom. The monoisotopic (exact) mass is 394 g/mol. The summed E-state index contributed by atoms with van der Waals surface area (Å²) >= 11 is 0. The lowest BCUT2D eigenvalue weighted by atomic mass is 9.91. The maximum atomic E-state index is 13.4. The third-order valence-electron chi connectivity index (χ3n) is 5.48. The summed E-state index contributed by atoms with van der Waals surface area (Å²) in [7, 11) is 1.65. The predicted octanol–water partition coefficient (Wildman–Crippen LogP) is 3.66. The molecule has 0 radical (unpaired) electrons. The van der Waals surface area contributed by atoms with Gasteiger partial charge in [0.15, 0.2) is 0 Å². The highest BCUT2D eigenvalue weighted by Gasteiger charge is 2.32. The van der Waals surface area contributed by atoms with Crippen molar-refractivity contribution in [1.29, 1.82) is 0 Å². The zero-order valence-electron chi connectivity index (χ0n) is 17.7. The molecule has 5 nitrogen and oxygen atoms in total. The molecule has 1 saturated heterocycles. The molecule has 0 aliphatic carbocycles. The van der Waals surface area contributed by atoms with Gasteiger partial charge in [0, 0.05) is 31.1 Å². The normalized spacial score (nSPS) is 19.0. The first kappa shape index (κ1) is 20.9. The minimum atomic E-state index is -0.0210. The van der Waals surface area contributed by atoms with Gasteiger partial charge in [-0.05, 0) is 62.9 Å². The van der Waals surface area contributed by atoms with Gasteiger partial charge in [0.25, 0.3) is 5.91 Å². The van der Waals surface area contributed by atoms with Gasteiger partial charge in [-0.1, -0.05) is 29.3 Å². The largest absolute Gasteiger partial charge is 0.497 e. The van der Waals surface area contributed by atoms with Crippen LogP contribution in [-0.4, -0.2) is 42.5 Å². The predicted molar refractivity (Wildman–Crippen MR) is 114 cm³/mol. The Hall–Kier alpha value is -2.82. The van der Waals surface area contributed by atoms with E-state index >= 15 is 0 Å². The smallest absolute Gasteiger partial charge is 0.254 e. The SMILES string of the molecule is COc1ccc(C[C@@H]2C[C@@H](NC(C)=O)CCN2C(=O)c2cc(C)cc(C)c2)cc1. The molecule has 1 heterocycles. The van der Waals surface area contributed by atoms with Crippen LogP contribution in [0.3, 0.4) is 0 Å². The van der Waals surface area contributed by atoms with Crippen molar-refractivity contribution in [2.75, 3.05) is 13.7 Å². The van der Waals surface area contributed by atoms with Crippen molar-refractivity contribution in [3.05, 3.63) is 64.7 Å². The molecular weight excluding hydrogens is 364 g/mol. The topological polar surface area (TPSA) is 58.6 Å². The zero-order chi connectivity index (χ0) is 21.0. The summed E-state index contributed by atoms with van der Waals surface area (Å²) < 4.78 is 5.25. The Morgan fingerprint density at radius 1 is 1.10 bits per heavy atom. The van der Waals surface area contributed by atoms with E-state index in [0.717, 1.165) is 47.3 Å². The van der Waals surface area contributed by atoms with Gasteiger partial charge in [-0.15, -0.1) is 0 Å². The first-order chi connectivity index (χ1) is 13.9. The zero-order valence-corrected chi connectivity index (χ0v) is 17.7. The molecule has 1 aliphatic rings. The van der Waals surface area contributed by atoms with E-state index in [-0.39, 0.29) is 23.9 Å². The quantitative estimate of drug-likeness (QED) is 0.842. The van der Waals surface area contributed by atoms with Crippen molar-refractivity contribution < 1.29 is 14.3 Å². The number of carbonyl (C=O) groups excluding carboxylic acids is 2. The molecular formula is C24H30N2O3. The van der Waals surface area contributed by atoms with Crippen molar-refractivity contribution in [1.82, 2.24) is 10.2 Å². The van der Waals surface area contributed by atoms with Crippen LogP contribution in [0.15, 0.2) is 42.5 Å². The van der Waals surface area contributed by atoms with Crippen molar-refractivity contribution in [2.24, 2.45) is 0 Å². The number of likely N-dealkylation sites (tertiary alicyclic amines) is 1. The third-order valence-corrected chi connectivity index (χ3v) is 5.48. The number of hydrogen-bond acceptors (Lipinski definition) is 3. The summed E-state index contributed by atoms with van der Waals surface area (Å²) in [5.41, 5.74) is 4.07. The molecule has 0 unspecified atom stereocenters. The van der Waals surface area contributed by atoms with E-state index in [4.69, 9.17) is 4.74 Å². The van der Waals surface area contributed by atoms with Crippen molar-refractivity contribution in [3.63, 3.8) is 0 Å². The van der Waals surface area contributed by atoms with Gasteiger partial charge in [-0.2, -0.15) is 0 Å². The van der Waals surface area contributed by atoms with Crippen LogP contribution in [0.5, 0.6) is 5.75 Å². The van der Waals surface area contributed by atoms with Gasteiger partial charge in [-0.3, -0.25) is 9.59 Å². The minimum Gasteiger partial charge on any atom is -0.497 e. The molecule has 1 N–H and O–H groups in total. The Kier molecular flexibility index (Phi) is 6.57. The molecule has 2 aromatic rings. The third kappa shape index (κ3) is 5.37. The number of aryl methyl sites for hydroxylation is 2. The Balaban J connectivity index is 1.83. The number of nitrogens with zero attached hydrogens (tertiary/aromatic N) is 1. The van der Waals surface area contributed by atoms with Crippen molar-refractivity contribution in [3.8, 4) is 5.75 Å². The highest BCUT2D eigenvalue weighted by molar-refractivity contribution is 5.95. The molecule has 0 bridgehead atoms. The average Bonchev–Trinajstić information content (AvgIpc) is 2.67. The van der Waals surface area contributed by atoms with Gasteiger partial charge < -0.3 is 15.0 Å². The van der Waals surface area contributed by atoms with Gasteiger partial charge in [0.1, 0.15) is 5.75 Å². The second kappa shape index (κ2) is 9.12. The van der Waals surface area contributed by atoms with Crippen molar-refractivity contribution in [2.45, 2.75) is 52.1 Å². The molecule has 2 amide bonds. The summed E-state index contributed by atoms with van der Waals surface area (Å²) in [4.78, 5) is 26.9. The van der Waals surface area contributed by atoms with Crippen LogP contribution >= 0.6 is 0 Å². The maximum absolute atomic E-state index is 13.4. The highest BCUT2D eigenvalue weighted by atomic mass is 16.5. The van der Waals surface area contributed by atoms with E-state index in [1.165, 1.54) is 0 Å². The summed E-state index contributed by atoms with van der Waals surface area (Å²) in [6, 6.07) is 14.1. The second-order valence-electron chi connectivity index (χ2n) is 8.00. The van der Waals surface area contributed by atoms with Gasteiger partial charge >= 0.3 is 0 Å². The van der Waals surface area contributed by atoms with Gasteiger partial charge in [-0.25, -0.2) is 0 Å². The number of methoxy groups -OCH3 is 1. The van der Waals surface area contributed by atoms with E-state index in [1.54, 1.807) is 14.0 Å². The van der Waals surface area contributed by atoms with E-state index < -0.39 is 0 Å². The fourth-order valence-electron chi connectivity index (χ4n) is 4.23. The lowest BCUT2D eigenvalue weighted by Crippen LogP contribution is -2.52. The number of rotatable bonds is 5. The van der Waals surface area contributed by atoms with Gasteiger partial charge in [0.05, 0.1) is 7.11 Å². The van der Waals surface area contributed by atoms with Crippen LogP contribution in [-0.2, 0) is 11.2 Å². The molecule has 0 saturated carbocycles. The molecule has 0 spiro atoms. The Bertz CT molecular complexity index is 856. The molecule has 2 atom stereocenters. The molecule has 154 valence electrons. The summed E-state index contributed by atoms with van der Waals surface area (Å²) in [5, 5.41) is 3.04. The number of hydrogen-bond donors (Lipinski definition) is 1. The molecule has 1 aliphatic heterocycles. The first-order valence-corrected chi connectivity index (χ1v) is 10.1. The molecule has 1 fully saturated rings. The molecule has 0 aromatic heterocycles. The van der Waals surface area contributed by atoms with Crippen LogP contribution in [0, 0.1) is 13.8 Å². The summed E-state index contributed by atoms with van der Waals surface area (Å²) in [6.45, 7) is 6.21. The molecule has 29 heavy (non-hydrogen) atoms. The maximum Gasteiger partial charge on any atom is 0.254 e. The number of piperidine rings is 1. The lowest BCUT2D eigenvalue weighted by Gasteiger charge is -2.40. The fraction of sp³-hybridized carbons (Fsp3) is 0.417. The lowest BCUT2D eigenvalue weighted by molar-refractivity contribution is -0.120. The van der Waals surface area contributed by atoms with Crippen LogP contribution in [0.4, 0.5) is 0 Å². The van der Waals surface area contributed by atoms with Crippen LogP contribution in [0.2, 0.25) is 0 Å². The van der Waals surface area contributed by atoms with Gasteiger partial charge in [0.2, 0.25) is 5.91 Å². The number of ether oxygens (including phenoxy) is 1. The van der Waals surface area contributed by atoms with E-state index in [2.05, 4.69) is 11.4 Å². The van der Waals surface area contributed by atoms with E-state index in [1.807, 2.05) is 55.1 Å². The standard InChI is InChI=1S/C24H30N2O3/c1-16-11-17(2)13-20(12-16)24(28)26-10-9-21(25-18(3)27)15-22(26)14-19-5-7-23(29-4)8-6-19/h5-8,11-13,21-22H,9-10,14-15H2,1-4H3,(H,25,27)/t21-,22+/m0/s1. The number of carbonyl (C=O) groups is 2.